The predicted molar refractivity (Wildman–Crippen MR) is 83.2 cm³/mol. The number of hydrogen-bond acceptors (Lipinski definition) is 2. The molecule has 0 saturated heterocycles. The highest BCUT2D eigenvalue weighted by molar-refractivity contribution is 5.76. The number of hydrogen-bond donors (Lipinski definition) is 2. The first-order valence-corrected chi connectivity index (χ1v) is 7.60. The Morgan fingerprint density at radius 1 is 1.19 bits per heavy atom. The number of nitrogens with one attached hydrogen (secondary N) is 1. The average Bonchev–Trinajstić information content (AvgIpc) is 2.49. The summed E-state index contributed by atoms with van der Waals surface area (Å²) in [6.07, 6.45) is 3.52. The zero-order chi connectivity index (χ0) is 15.7. The molecule has 1 aromatic rings. The van der Waals surface area contributed by atoms with E-state index in [0.717, 1.165) is 12.8 Å². The van der Waals surface area contributed by atoms with Gasteiger partial charge in [0.2, 0.25) is 5.91 Å². The fourth-order valence-electron chi connectivity index (χ4n) is 2.05. The lowest BCUT2D eigenvalue weighted by molar-refractivity contribution is -0.141. The molecule has 0 radical (unpaired) electrons. The van der Waals surface area contributed by atoms with Gasteiger partial charge < -0.3 is 10.4 Å². The molecule has 0 fully saturated rings. The molecule has 0 heterocycles. The maximum Gasteiger partial charge on any atom is 0.306 e. The number of aliphatic carboxylic acids is 1. The fraction of sp³-hybridized carbons (Fsp3) is 0.529. The fourth-order valence-corrected chi connectivity index (χ4v) is 2.05. The van der Waals surface area contributed by atoms with Crippen molar-refractivity contribution < 1.29 is 14.7 Å². The smallest absolute Gasteiger partial charge is 0.306 e. The van der Waals surface area contributed by atoms with Gasteiger partial charge in [-0.3, -0.25) is 9.59 Å². The van der Waals surface area contributed by atoms with Crippen LogP contribution >= 0.6 is 0 Å². The molecule has 2 N–H and O–H groups in total. The van der Waals surface area contributed by atoms with Gasteiger partial charge in [0.15, 0.2) is 0 Å². The van der Waals surface area contributed by atoms with Crippen LogP contribution in [-0.2, 0) is 22.4 Å². The van der Waals surface area contributed by atoms with Crippen LogP contribution in [0.3, 0.4) is 0 Å². The maximum absolute atomic E-state index is 11.7. The Kier molecular flexibility index (Phi) is 7.51. The van der Waals surface area contributed by atoms with Crippen molar-refractivity contribution in [3.05, 3.63) is 35.4 Å². The van der Waals surface area contributed by atoms with E-state index in [0.29, 0.717) is 25.8 Å². The largest absolute Gasteiger partial charge is 0.481 e. The van der Waals surface area contributed by atoms with Crippen molar-refractivity contribution in [2.75, 3.05) is 6.54 Å². The molecule has 0 spiro atoms. The van der Waals surface area contributed by atoms with Crippen LogP contribution in [-0.4, -0.2) is 23.5 Å². The standard InChI is InChI=1S/C17H25NO3/c1-3-14-6-8-15(9-7-14)10-11-16(19)18-12-4-5-13(2)17(20)21/h6-9,13H,3-5,10-12H2,1-2H3,(H,18,19)(H,20,21). The van der Waals surface area contributed by atoms with Gasteiger partial charge in [0.25, 0.3) is 0 Å². The third kappa shape index (κ3) is 6.93. The van der Waals surface area contributed by atoms with Gasteiger partial charge in [-0.15, -0.1) is 0 Å². The lowest BCUT2D eigenvalue weighted by Gasteiger charge is -2.08. The lowest BCUT2D eigenvalue weighted by Crippen LogP contribution is -2.25. The van der Waals surface area contributed by atoms with Crippen LogP contribution in [0.15, 0.2) is 24.3 Å². The monoisotopic (exact) mass is 291 g/mol. The Morgan fingerprint density at radius 2 is 1.81 bits per heavy atom. The molecule has 21 heavy (non-hydrogen) atoms. The molecule has 0 aromatic heterocycles. The summed E-state index contributed by atoms with van der Waals surface area (Å²) in [6.45, 7) is 4.35. The minimum atomic E-state index is -0.781. The number of rotatable bonds is 9. The van der Waals surface area contributed by atoms with E-state index >= 15 is 0 Å². The van der Waals surface area contributed by atoms with Crippen molar-refractivity contribution in [1.82, 2.24) is 5.32 Å². The zero-order valence-electron chi connectivity index (χ0n) is 12.9. The molecule has 1 atom stereocenters. The van der Waals surface area contributed by atoms with E-state index in [4.69, 9.17) is 5.11 Å². The van der Waals surface area contributed by atoms with Gasteiger partial charge >= 0.3 is 5.97 Å². The highest BCUT2D eigenvalue weighted by atomic mass is 16.4. The molecule has 4 heteroatoms. The van der Waals surface area contributed by atoms with Crippen LogP contribution in [0.2, 0.25) is 0 Å². The first-order chi connectivity index (χ1) is 10.0. The molecular formula is C17H25NO3. The van der Waals surface area contributed by atoms with E-state index in [-0.39, 0.29) is 11.8 Å². The van der Waals surface area contributed by atoms with Gasteiger partial charge in [-0.1, -0.05) is 38.1 Å². The zero-order valence-corrected chi connectivity index (χ0v) is 12.9. The number of benzene rings is 1. The molecule has 0 saturated carbocycles. The molecule has 0 aliphatic heterocycles. The number of aryl methyl sites for hydroxylation is 2. The first kappa shape index (κ1) is 17.2. The van der Waals surface area contributed by atoms with Gasteiger partial charge in [0.1, 0.15) is 0 Å². The average molecular weight is 291 g/mol. The number of carbonyl (C=O) groups is 2. The summed E-state index contributed by atoms with van der Waals surface area (Å²) in [5, 5.41) is 11.6. The molecule has 4 nitrogen and oxygen atoms in total. The molecule has 116 valence electrons. The van der Waals surface area contributed by atoms with Gasteiger partial charge in [-0.25, -0.2) is 0 Å². The third-order valence-corrected chi connectivity index (χ3v) is 3.63. The Bertz CT molecular complexity index is 454. The van der Waals surface area contributed by atoms with Crippen molar-refractivity contribution in [3.63, 3.8) is 0 Å². The maximum atomic E-state index is 11.7. The number of amides is 1. The van der Waals surface area contributed by atoms with Gasteiger partial charge in [-0.05, 0) is 36.8 Å². The number of carboxylic acids is 1. The van der Waals surface area contributed by atoms with E-state index in [1.165, 1.54) is 11.1 Å². The minimum Gasteiger partial charge on any atom is -0.481 e. The van der Waals surface area contributed by atoms with Gasteiger partial charge in [-0.2, -0.15) is 0 Å². The molecule has 1 amide bonds. The summed E-state index contributed by atoms with van der Waals surface area (Å²) in [6, 6.07) is 8.34. The van der Waals surface area contributed by atoms with E-state index < -0.39 is 5.97 Å². The second kappa shape index (κ2) is 9.16. The topological polar surface area (TPSA) is 66.4 Å². The van der Waals surface area contributed by atoms with Crippen molar-refractivity contribution in [3.8, 4) is 0 Å². The molecular weight excluding hydrogens is 266 g/mol. The Hall–Kier alpha value is -1.84. The van der Waals surface area contributed by atoms with Gasteiger partial charge in [0, 0.05) is 13.0 Å². The van der Waals surface area contributed by atoms with E-state index in [2.05, 4.69) is 36.5 Å². The van der Waals surface area contributed by atoms with Crippen molar-refractivity contribution >= 4 is 11.9 Å². The first-order valence-electron chi connectivity index (χ1n) is 7.60. The van der Waals surface area contributed by atoms with Gasteiger partial charge in [0.05, 0.1) is 5.92 Å². The predicted octanol–water partition coefficient (Wildman–Crippen LogP) is 2.80. The lowest BCUT2D eigenvalue weighted by atomic mass is 10.1. The van der Waals surface area contributed by atoms with Crippen LogP contribution in [0.25, 0.3) is 0 Å². The van der Waals surface area contributed by atoms with Crippen LogP contribution in [0.4, 0.5) is 0 Å². The summed E-state index contributed by atoms with van der Waals surface area (Å²) in [5.74, 6) is -1.10. The highest BCUT2D eigenvalue weighted by Crippen LogP contribution is 2.07. The molecule has 1 rings (SSSR count). The summed E-state index contributed by atoms with van der Waals surface area (Å²) in [4.78, 5) is 22.3. The third-order valence-electron chi connectivity index (χ3n) is 3.63. The Balaban J connectivity index is 2.17. The second-order valence-electron chi connectivity index (χ2n) is 5.40. The van der Waals surface area contributed by atoms with Crippen LogP contribution < -0.4 is 5.32 Å². The number of carboxylic acid groups (broad SMARTS) is 1. The van der Waals surface area contributed by atoms with E-state index in [1.54, 1.807) is 6.92 Å². The van der Waals surface area contributed by atoms with Crippen LogP contribution in [0.5, 0.6) is 0 Å². The highest BCUT2D eigenvalue weighted by Gasteiger charge is 2.10. The summed E-state index contributed by atoms with van der Waals surface area (Å²) in [7, 11) is 0. The molecule has 0 bridgehead atoms. The normalized spacial score (nSPS) is 11.9. The molecule has 1 unspecified atom stereocenters. The molecule has 1 aromatic carbocycles. The molecule has 0 aliphatic rings. The van der Waals surface area contributed by atoms with Crippen molar-refractivity contribution in [2.45, 2.75) is 46.0 Å². The van der Waals surface area contributed by atoms with Crippen molar-refractivity contribution in [2.24, 2.45) is 5.92 Å². The minimum absolute atomic E-state index is 0.0255. The van der Waals surface area contributed by atoms with E-state index in [9.17, 15) is 9.59 Å². The quantitative estimate of drug-likeness (QED) is 0.688. The SMILES string of the molecule is CCc1ccc(CCC(=O)NCCCC(C)C(=O)O)cc1. The van der Waals surface area contributed by atoms with Crippen LogP contribution in [0, 0.1) is 5.92 Å². The number of carbonyl (C=O) groups excluding carboxylic acids is 1. The Morgan fingerprint density at radius 3 is 2.38 bits per heavy atom. The Labute approximate surface area is 126 Å². The van der Waals surface area contributed by atoms with E-state index in [1.807, 2.05) is 0 Å². The van der Waals surface area contributed by atoms with Crippen LogP contribution in [0.1, 0.15) is 44.2 Å². The summed E-state index contributed by atoms with van der Waals surface area (Å²) < 4.78 is 0. The summed E-state index contributed by atoms with van der Waals surface area (Å²) >= 11 is 0. The molecule has 0 aliphatic carbocycles. The van der Waals surface area contributed by atoms with Crippen molar-refractivity contribution in [1.29, 1.82) is 0 Å². The second-order valence-corrected chi connectivity index (χ2v) is 5.40. The summed E-state index contributed by atoms with van der Waals surface area (Å²) in [5.41, 5.74) is 2.47.